The zero-order chi connectivity index (χ0) is 27.0. The minimum atomic E-state index is -0.179. The number of ether oxygens (including phenoxy) is 1. The third-order valence-corrected chi connectivity index (χ3v) is 8.27. The van der Waals surface area contributed by atoms with Crippen LogP contribution in [0, 0.1) is 17.2 Å². The van der Waals surface area contributed by atoms with Gasteiger partial charge in [0.2, 0.25) is 0 Å². The molecule has 0 heterocycles. The third kappa shape index (κ3) is 9.94. The number of unbranched alkanes of at least 4 members (excludes halogenated alkanes) is 9. The van der Waals surface area contributed by atoms with E-state index in [2.05, 4.69) is 44.2 Å². The van der Waals surface area contributed by atoms with Crippen LogP contribution in [0.3, 0.4) is 0 Å². The lowest BCUT2D eigenvalue weighted by atomic mass is 9.78. The maximum absolute atomic E-state index is 12.9. The van der Waals surface area contributed by atoms with E-state index in [4.69, 9.17) is 4.74 Å². The fraction of sp³-hybridized carbons (Fsp3) is 0.600. The minimum Gasteiger partial charge on any atom is -0.425 e. The van der Waals surface area contributed by atoms with Gasteiger partial charge >= 0.3 is 5.97 Å². The van der Waals surface area contributed by atoms with Gasteiger partial charge < -0.3 is 4.74 Å². The van der Waals surface area contributed by atoms with E-state index in [0.717, 1.165) is 44.1 Å². The maximum Gasteiger partial charge on any atom is 0.314 e. The molecule has 0 N–H and O–H groups in total. The summed E-state index contributed by atoms with van der Waals surface area (Å²) in [5.74, 6) is 0.677. The summed E-state index contributed by atoms with van der Waals surface area (Å²) in [7, 11) is 0. The second-order valence-corrected chi connectivity index (χ2v) is 11.3. The largest absolute Gasteiger partial charge is 0.425 e. The molecular formula is C35H49NO2. The number of esters is 1. The topological polar surface area (TPSA) is 50.1 Å². The standard InChI is InChI=1S/C35H49NO2/c1-3-5-7-9-10-11-13-15-29-18-25-34(33(26-29)27-36)38-35(37)32-23-21-31(22-24-32)30-19-16-28(17-20-30)14-12-8-6-4-2/h16-20,25-26,31-32H,3-15,21-24H2,1-2H3. The Bertz CT molecular complexity index is 996. The molecule has 0 aromatic heterocycles. The number of aryl methyl sites for hydroxylation is 2. The summed E-state index contributed by atoms with van der Waals surface area (Å²) in [6.45, 7) is 4.50. The number of hydrogen-bond donors (Lipinski definition) is 0. The highest BCUT2D eigenvalue weighted by Gasteiger charge is 2.29. The highest BCUT2D eigenvalue weighted by Crippen LogP contribution is 2.37. The predicted molar refractivity (Wildman–Crippen MR) is 157 cm³/mol. The summed E-state index contributed by atoms with van der Waals surface area (Å²) in [6, 6.07) is 17.2. The molecule has 38 heavy (non-hydrogen) atoms. The van der Waals surface area contributed by atoms with Gasteiger partial charge in [0, 0.05) is 0 Å². The molecule has 1 aliphatic carbocycles. The van der Waals surface area contributed by atoms with Crippen molar-refractivity contribution < 1.29 is 9.53 Å². The SMILES string of the molecule is CCCCCCCCCc1ccc(OC(=O)C2CCC(c3ccc(CCCCCC)cc3)CC2)c(C#N)c1. The normalized spacial score (nSPS) is 17.2. The fourth-order valence-electron chi connectivity index (χ4n) is 5.76. The molecule has 0 radical (unpaired) electrons. The van der Waals surface area contributed by atoms with E-state index in [9.17, 15) is 10.1 Å². The van der Waals surface area contributed by atoms with Crippen molar-refractivity contribution >= 4 is 5.97 Å². The molecular weight excluding hydrogens is 466 g/mol. The van der Waals surface area contributed by atoms with Gasteiger partial charge in [-0.25, -0.2) is 0 Å². The number of carbonyl (C=O) groups is 1. The average Bonchev–Trinajstić information content (AvgIpc) is 2.96. The molecule has 1 fully saturated rings. The van der Waals surface area contributed by atoms with Crippen LogP contribution in [0.5, 0.6) is 5.75 Å². The number of nitrogens with zero attached hydrogens (tertiary/aromatic N) is 1. The van der Waals surface area contributed by atoms with E-state index in [0.29, 0.717) is 17.2 Å². The predicted octanol–water partition coefficient (Wildman–Crippen LogP) is 9.85. The average molecular weight is 516 g/mol. The van der Waals surface area contributed by atoms with Gasteiger partial charge in [0.05, 0.1) is 11.5 Å². The molecule has 3 heteroatoms. The number of hydrogen-bond acceptors (Lipinski definition) is 3. The quantitative estimate of drug-likeness (QED) is 0.127. The van der Waals surface area contributed by atoms with Crippen LogP contribution in [-0.4, -0.2) is 5.97 Å². The number of nitriles is 1. The van der Waals surface area contributed by atoms with Crippen molar-refractivity contribution in [1.82, 2.24) is 0 Å². The lowest BCUT2D eigenvalue weighted by Crippen LogP contribution is -2.25. The first-order valence-corrected chi connectivity index (χ1v) is 15.5. The summed E-state index contributed by atoms with van der Waals surface area (Å²) < 4.78 is 5.76. The first-order valence-electron chi connectivity index (χ1n) is 15.5. The maximum atomic E-state index is 12.9. The van der Waals surface area contributed by atoms with Crippen LogP contribution >= 0.6 is 0 Å². The molecule has 3 nitrogen and oxygen atoms in total. The van der Waals surface area contributed by atoms with Crippen LogP contribution in [0.15, 0.2) is 42.5 Å². The van der Waals surface area contributed by atoms with E-state index in [1.54, 1.807) is 0 Å². The van der Waals surface area contributed by atoms with E-state index in [1.165, 1.54) is 81.8 Å². The summed E-state index contributed by atoms with van der Waals surface area (Å²) in [4.78, 5) is 12.9. The Morgan fingerprint density at radius 1 is 0.763 bits per heavy atom. The van der Waals surface area contributed by atoms with Crippen LogP contribution in [0.2, 0.25) is 0 Å². The van der Waals surface area contributed by atoms with E-state index in [-0.39, 0.29) is 11.9 Å². The lowest BCUT2D eigenvalue weighted by molar-refractivity contribution is -0.140. The molecule has 0 amide bonds. The Kier molecular flexibility index (Phi) is 13.5. The van der Waals surface area contributed by atoms with Crippen molar-refractivity contribution in [1.29, 1.82) is 5.26 Å². The fourth-order valence-corrected chi connectivity index (χ4v) is 5.76. The highest BCUT2D eigenvalue weighted by atomic mass is 16.5. The summed E-state index contributed by atoms with van der Waals surface area (Å²) >= 11 is 0. The molecule has 0 unspecified atom stereocenters. The van der Waals surface area contributed by atoms with Gasteiger partial charge in [-0.1, -0.05) is 102 Å². The van der Waals surface area contributed by atoms with Crippen molar-refractivity contribution in [3.8, 4) is 11.8 Å². The second-order valence-electron chi connectivity index (χ2n) is 11.3. The van der Waals surface area contributed by atoms with E-state index >= 15 is 0 Å². The van der Waals surface area contributed by atoms with Crippen molar-refractivity contribution in [2.45, 2.75) is 129 Å². The van der Waals surface area contributed by atoms with Crippen LogP contribution in [0.25, 0.3) is 0 Å². The van der Waals surface area contributed by atoms with Crippen molar-refractivity contribution in [3.05, 3.63) is 64.7 Å². The van der Waals surface area contributed by atoms with Crippen molar-refractivity contribution in [3.63, 3.8) is 0 Å². The molecule has 0 spiro atoms. The molecule has 0 atom stereocenters. The second kappa shape index (κ2) is 17.1. The summed E-state index contributed by atoms with van der Waals surface area (Å²) in [6.07, 6.45) is 20.0. The van der Waals surface area contributed by atoms with Crippen LogP contribution in [-0.2, 0) is 17.6 Å². The number of carbonyl (C=O) groups excluding carboxylic acids is 1. The minimum absolute atomic E-state index is 0.0805. The van der Waals surface area contributed by atoms with Crippen LogP contribution in [0.4, 0.5) is 0 Å². The van der Waals surface area contributed by atoms with Crippen LogP contribution < -0.4 is 4.74 Å². The third-order valence-electron chi connectivity index (χ3n) is 8.27. The Balaban J connectivity index is 1.42. The van der Waals surface area contributed by atoms with Gasteiger partial charge in [0.1, 0.15) is 11.8 Å². The Morgan fingerprint density at radius 2 is 1.32 bits per heavy atom. The van der Waals surface area contributed by atoms with Crippen molar-refractivity contribution in [2.75, 3.05) is 0 Å². The van der Waals surface area contributed by atoms with Gasteiger partial charge in [-0.05, 0) is 86.1 Å². The lowest BCUT2D eigenvalue weighted by Gasteiger charge is -2.27. The Labute approximate surface area is 232 Å². The first kappa shape index (κ1) is 29.9. The van der Waals surface area contributed by atoms with Crippen LogP contribution in [0.1, 0.15) is 138 Å². The Hall–Kier alpha value is -2.60. The monoisotopic (exact) mass is 515 g/mol. The van der Waals surface area contributed by atoms with Gasteiger partial charge in [-0.15, -0.1) is 0 Å². The zero-order valence-electron chi connectivity index (χ0n) is 24.0. The van der Waals surface area contributed by atoms with Gasteiger partial charge in [-0.2, -0.15) is 5.26 Å². The highest BCUT2D eigenvalue weighted by molar-refractivity contribution is 5.76. The molecule has 0 bridgehead atoms. The zero-order valence-corrected chi connectivity index (χ0v) is 24.0. The first-order chi connectivity index (χ1) is 18.6. The number of rotatable bonds is 16. The van der Waals surface area contributed by atoms with Gasteiger partial charge in [0.15, 0.2) is 0 Å². The summed E-state index contributed by atoms with van der Waals surface area (Å²) in [5, 5.41) is 9.67. The molecule has 0 saturated heterocycles. The van der Waals surface area contributed by atoms with Gasteiger partial charge in [0.25, 0.3) is 0 Å². The number of benzene rings is 2. The molecule has 2 aromatic carbocycles. The molecule has 1 saturated carbocycles. The molecule has 0 aliphatic heterocycles. The molecule has 1 aliphatic rings. The summed E-state index contributed by atoms with van der Waals surface area (Å²) in [5.41, 5.74) is 4.46. The Morgan fingerprint density at radius 3 is 1.95 bits per heavy atom. The van der Waals surface area contributed by atoms with E-state index in [1.807, 2.05) is 18.2 Å². The van der Waals surface area contributed by atoms with E-state index < -0.39 is 0 Å². The molecule has 3 rings (SSSR count). The van der Waals surface area contributed by atoms with Gasteiger partial charge in [-0.3, -0.25) is 4.79 Å². The molecule has 2 aromatic rings. The molecule has 206 valence electrons. The van der Waals surface area contributed by atoms with Crippen molar-refractivity contribution in [2.24, 2.45) is 5.92 Å². The smallest absolute Gasteiger partial charge is 0.314 e.